The Kier molecular flexibility index (Phi) is 4.18. The van der Waals surface area contributed by atoms with Gasteiger partial charge in [0.05, 0.1) is 0 Å². The molecule has 0 saturated carbocycles. The van der Waals surface area contributed by atoms with E-state index in [0.29, 0.717) is 16.8 Å². The van der Waals surface area contributed by atoms with Crippen molar-refractivity contribution in [1.82, 2.24) is 0 Å². The van der Waals surface area contributed by atoms with Crippen LogP contribution in [0.1, 0.15) is 21.5 Å². The Balaban J connectivity index is 2.30. The molecule has 0 aliphatic carbocycles. The molecular weight excluding hydrogens is 291 g/mol. The van der Waals surface area contributed by atoms with Crippen LogP contribution in [0.25, 0.3) is 0 Å². The Labute approximate surface area is 126 Å². The van der Waals surface area contributed by atoms with Crippen LogP contribution in [-0.4, -0.2) is 16.0 Å². The van der Waals surface area contributed by atoms with Crippen molar-refractivity contribution in [2.45, 2.75) is 6.92 Å². The second-order valence-electron chi connectivity index (χ2n) is 4.46. The number of carbonyl (C=O) groups excluding carboxylic acids is 1. The molecule has 6 heteroatoms. The van der Waals surface area contributed by atoms with Crippen LogP contribution in [0.15, 0.2) is 36.4 Å². The van der Waals surface area contributed by atoms with Gasteiger partial charge in [0.2, 0.25) is 0 Å². The van der Waals surface area contributed by atoms with Crippen molar-refractivity contribution >= 4 is 28.8 Å². The Bertz CT molecular complexity index is 732. The number of phenolic OH excluding ortho intramolecular Hbond substituents is 1. The van der Waals surface area contributed by atoms with Gasteiger partial charge in [-0.2, -0.15) is 0 Å². The fourth-order valence-corrected chi connectivity index (χ4v) is 2.02. The zero-order valence-corrected chi connectivity index (χ0v) is 12.0. The lowest BCUT2D eigenvalue weighted by Crippen LogP contribution is -2.16. The summed E-state index contributed by atoms with van der Waals surface area (Å²) < 4.78 is 13.5. The summed E-state index contributed by atoms with van der Waals surface area (Å²) in [5.74, 6) is -0.927. The van der Waals surface area contributed by atoms with E-state index in [4.69, 9.17) is 18.0 Å². The molecule has 0 fully saturated rings. The highest BCUT2D eigenvalue weighted by Crippen LogP contribution is 2.21. The van der Waals surface area contributed by atoms with Crippen LogP contribution in [0.3, 0.4) is 0 Å². The highest BCUT2D eigenvalue weighted by Gasteiger charge is 2.13. The zero-order valence-electron chi connectivity index (χ0n) is 11.2. The summed E-state index contributed by atoms with van der Waals surface area (Å²) in [4.78, 5) is 12.1. The van der Waals surface area contributed by atoms with E-state index in [1.807, 2.05) is 0 Å². The summed E-state index contributed by atoms with van der Waals surface area (Å²) in [6.45, 7) is 1.63. The molecule has 2 aromatic carbocycles. The van der Waals surface area contributed by atoms with Gasteiger partial charge in [-0.15, -0.1) is 0 Å². The Morgan fingerprint density at radius 2 is 2.00 bits per heavy atom. The number of benzene rings is 2. The van der Waals surface area contributed by atoms with Crippen molar-refractivity contribution in [3.63, 3.8) is 0 Å². The first kappa shape index (κ1) is 14.9. The molecule has 2 aromatic rings. The Morgan fingerprint density at radius 1 is 1.29 bits per heavy atom. The number of anilines is 1. The van der Waals surface area contributed by atoms with Crippen LogP contribution in [0.2, 0.25) is 0 Å². The van der Waals surface area contributed by atoms with Gasteiger partial charge in [0, 0.05) is 22.4 Å². The van der Waals surface area contributed by atoms with Gasteiger partial charge in [0.25, 0.3) is 5.91 Å². The smallest absolute Gasteiger partial charge is 0.256 e. The third-order valence-corrected chi connectivity index (χ3v) is 3.26. The van der Waals surface area contributed by atoms with Crippen LogP contribution in [0.5, 0.6) is 5.75 Å². The molecule has 108 valence electrons. The quantitative estimate of drug-likeness (QED) is 0.762. The highest BCUT2D eigenvalue weighted by molar-refractivity contribution is 7.80. The summed E-state index contributed by atoms with van der Waals surface area (Å²) in [6.07, 6.45) is 0. The lowest BCUT2D eigenvalue weighted by atomic mass is 10.1. The molecule has 2 rings (SSSR count). The largest absolute Gasteiger partial charge is 0.508 e. The number of nitrogens with one attached hydrogen (secondary N) is 1. The third kappa shape index (κ3) is 3.17. The molecule has 0 spiro atoms. The minimum atomic E-state index is -0.547. The van der Waals surface area contributed by atoms with E-state index in [2.05, 4.69) is 5.32 Å². The molecule has 0 aromatic heterocycles. The maximum absolute atomic E-state index is 13.5. The number of aromatic hydroxyl groups is 1. The van der Waals surface area contributed by atoms with Crippen molar-refractivity contribution in [2.75, 3.05) is 5.32 Å². The van der Waals surface area contributed by atoms with Crippen molar-refractivity contribution in [3.8, 4) is 5.75 Å². The minimum absolute atomic E-state index is 0.0329. The number of thiocarbonyl (C=S) groups is 1. The molecule has 0 atom stereocenters. The van der Waals surface area contributed by atoms with E-state index in [0.717, 1.165) is 0 Å². The maximum atomic E-state index is 13.5. The van der Waals surface area contributed by atoms with Crippen molar-refractivity contribution < 1.29 is 14.3 Å². The van der Waals surface area contributed by atoms with Gasteiger partial charge in [-0.1, -0.05) is 18.3 Å². The average molecular weight is 304 g/mol. The first-order valence-corrected chi connectivity index (χ1v) is 6.50. The summed E-state index contributed by atoms with van der Waals surface area (Å²) in [6, 6.07) is 8.61. The summed E-state index contributed by atoms with van der Waals surface area (Å²) >= 11 is 4.75. The summed E-state index contributed by atoms with van der Waals surface area (Å²) in [7, 11) is 0. The van der Waals surface area contributed by atoms with Crippen LogP contribution in [0.4, 0.5) is 10.1 Å². The van der Waals surface area contributed by atoms with Crippen LogP contribution < -0.4 is 11.1 Å². The van der Waals surface area contributed by atoms with E-state index >= 15 is 0 Å². The topological polar surface area (TPSA) is 75.3 Å². The monoisotopic (exact) mass is 304 g/mol. The second kappa shape index (κ2) is 5.88. The molecule has 0 saturated heterocycles. The number of phenols is 1. The van der Waals surface area contributed by atoms with Crippen LogP contribution in [0, 0.1) is 12.7 Å². The normalized spacial score (nSPS) is 10.2. The number of carbonyl (C=O) groups is 1. The first-order valence-electron chi connectivity index (χ1n) is 6.09. The lowest BCUT2D eigenvalue weighted by molar-refractivity contribution is 0.102. The zero-order chi connectivity index (χ0) is 15.6. The molecule has 21 heavy (non-hydrogen) atoms. The van der Waals surface area contributed by atoms with Gasteiger partial charge in [-0.05, 0) is 37.3 Å². The number of amides is 1. The van der Waals surface area contributed by atoms with Gasteiger partial charge < -0.3 is 16.2 Å². The number of rotatable bonds is 3. The molecule has 0 radical (unpaired) electrons. The van der Waals surface area contributed by atoms with E-state index in [9.17, 15) is 14.3 Å². The predicted molar refractivity (Wildman–Crippen MR) is 83.1 cm³/mol. The maximum Gasteiger partial charge on any atom is 0.256 e. The van der Waals surface area contributed by atoms with Gasteiger partial charge in [0.1, 0.15) is 16.6 Å². The van der Waals surface area contributed by atoms with Gasteiger partial charge in [0.15, 0.2) is 0 Å². The number of hydrogen-bond donors (Lipinski definition) is 3. The highest BCUT2D eigenvalue weighted by atomic mass is 32.1. The van der Waals surface area contributed by atoms with Gasteiger partial charge >= 0.3 is 0 Å². The molecule has 0 heterocycles. The van der Waals surface area contributed by atoms with E-state index in [1.165, 1.54) is 24.3 Å². The number of hydrogen-bond acceptors (Lipinski definition) is 3. The first-order chi connectivity index (χ1) is 9.90. The van der Waals surface area contributed by atoms with Crippen LogP contribution in [-0.2, 0) is 0 Å². The third-order valence-electron chi connectivity index (χ3n) is 3.04. The number of nitrogens with two attached hydrogens (primary N) is 1. The predicted octanol–water partition coefficient (Wildman–Crippen LogP) is 2.73. The average Bonchev–Trinajstić information content (AvgIpc) is 2.43. The molecule has 0 bridgehead atoms. The standard InChI is InChI=1S/C15H13FN2O2S/c1-8-10(3-2-4-13(8)19)15(20)18-9-5-6-12(16)11(7-9)14(17)21/h2-7,19H,1H3,(H2,17,21)(H,18,20). The molecular formula is C15H13FN2O2S. The van der Waals surface area contributed by atoms with E-state index < -0.39 is 11.7 Å². The van der Waals surface area contributed by atoms with Crippen molar-refractivity contribution in [3.05, 3.63) is 58.9 Å². The summed E-state index contributed by atoms with van der Waals surface area (Å²) in [5.41, 5.74) is 6.64. The molecule has 0 aliphatic rings. The van der Waals surface area contributed by atoms with Gasteiger partial charge in [-0.3, -0.25) is 4.79 Å². The SMILES string of the molecule is Cc1c(O)cccc1C(=O)Nc1ccc(F)c(C(N)=S)c1. The van der Waals surface area contributed by atoms with Crippen molar-refractivity contribution in [1.29, 1.82) is 0 Å². The van der Waals surface area contributed by atoms with E-state index in [-0.39, 0.29) is 16.3 Å². The van der Waals surface area contributed by atoms with E-state index in [1.54, 1.807) is 19.1 Å². The Hall–Kier alpha value is -2.47. The summed E-state index contributed by atoms with van der Waals surface area (Å²) in [5, 5.41) is 12.2. The molecule has 1 amide bonds. The molecule has 0 aliphatic heterocycles. The second-order valence-corrected chi connectivity index (χ2v) is 4.90. The Morgan fingerprint density at radius 3 is 2.67 bits per heavy atom. The molecule has 4 N–H and O–H groups in total. The molecule has 0 unspecified atom stereocenters. The minimum Gasteiger partial charge on any atom is -0.508 e. The lowest BCUT2D eigenvalue weighted by Gasteiger charge is -2.10. The molecule has 4 nitrogen and oxygen atoms in total. The van der Waals surface area contributed by atoms with Gasteiger partial charge in [-0.25, -0.2) is 4.39 Å². The fraction of sp³-hybridized carbons (Fsp3) is 0.0667. The fourth-order valence-electron chi connectivity index (χ4n) is 1.86. The van der Waals surface area contributed by atoms with Crippen LogP contribution >= 0.6 is 12.2 Å². The van der Waals surface area contributed by atoms with Crippen molar-refractivity contribution in [2.24, 2.45) is 5.73 Å². The number of halogens is 1.